The SMILES string of the molecule is Cc1nn(C)cc1CNC(=O)c1cc(Br)cc(Br)c1. The normalized spacial score (nSPS) is 10.5. The lowest BCUT2D eigenvalue weighted by Crippen LogP contribution is -2.23. The summed E-state index contributed by atoms with van der Waals surface area (Å²) in [5, 5.41) is 7.13. The van der Waals surface area contributed by atoms with E-state index >= 15 is 0 Å². The van der Waals surface area contributed by atoms with Crippen molar-refractivity contribution in [3.05, 3.63) is 50.2 Å². The fourth-order valence-electron chi connectivity index (χ4n) is 1.78. The van der Waals surface area contributed by atoms with Crippen molar-refractivity contribution in [2.45, 2.75) is 13.5 Å². The Hall–Kier alpha value is -1.14. The molecular weight excluding hydrogens is 374 g/mol. The highest BCUT2D eigenvalue weighted by atomic mass is 79.9. The van der Waals surface area contributed by atoms with Crippen LogP contribution in [0.15, 0.2) is 33.3 Å². The first kappa shape index (κ1) is 14.3. The lowest BCUT2D eigenvalue weighted by molar-refractivity contribution is 0.0950. The van der Waals surface area contributed by atoms with E-state index in [0.29, 0.717) is 12.1 Å². The largest absolute Gasteiger partial charge is 0.348 e. The topological polar surface area (TPSA) is 46.9 Å². The molecule has 0 unspecified atom stereocenters. The number of hydrogen-bond acceptors (Lipinski definition) is 2. The van der Waals surface area contributed by atoms with Crippen LogP contribution in [0.5, 0.6) is 0 Å². The van der Waals surface area contributed by atoms with Gasteiger partial charge in [0.05, 0.1) is 5.69 Å². The van der Waals surface area contributed by atoms with Crippen molar-refractivity contribution in [2.24, 2.45) is 7.05 Å². The third kappa shape index (κ3) is 3.67. The van der Waals surface area contributed by atoms with Crippen molar-refractivity contribution >= 4 is 37.8 Å². The quantitative estimate of drug-likeness (QED) is 0.880. The molecule has 1 aromatic carbocycles. The lowest BCUT2D eigenvalue weighted by Gasteiger charge is -2.05. The van der Waals surface area contributed by atoms with Crippen molar-refractivity contribution in [2.75, 3.05) is 0 Å². The molecule has 0 bridgehead atoms. The monoisotopic (exact) mass is 385 g/mol. The summed E-state index contributed by atoms with van der Waals surface area (Å²) in [6.45, 7) is 2.40. The van der Waals surface area contributed by atoms with Gasteiger partial charge in [-0.15, -0.1) is 0 Å². The Morgan fingerprint density at radius 2 is 1.95 bits per heavy atom. The maximum absolute atomic E-state index is 12.1. The molecule has 0 aliphatic rings. The average Bonchev–Trinajstić information content (AvgIpc) is 2.63. The van der Waals surface area contributed by atoms with Crippen LogP contribution < -0.4 is 5.32 Å². The molecule has 0 fully saturated rings. The molecule has 0 saturated heterocycles. The van der Waals surface area contributed by atoms with Gasteiger partial charge in [-0.2, -0.15) is 5.10 Å². The van der Waals surface area contributed by atoms with E-state index in [1.165, 1.54) is 0 Å². The zero-order valence-electron chi connectivity index (χ0n) is 10.6. The predicted molar refractivity (Wildman–Crippen MR) is 81.0 cm³/mol. The summed E-state index contributed by atoms with van der Waals surface area (Å²) in [4.78, 5) is 12.1. The van der Waals surface area contributed by atoms with Gasteiger partial charge in [-0.3, -0.25) is 9.48 Å². The Balaban J connectivity index is 2.07. The molecule has 100 valence electrons. The number of aromatic nitrogens is 2. The minimum absolute atomic E-state index is 0.106. The predicted octanol–water partition coefficient (Wildman–Crippen LogP) is 3.18. The third-order valence-corrected chi connectivity index (χ3v) is 3.59. The molecule has 0 aliphatic heterocycles. The number of rotatable bonds is 3. The number of benzene rings is 1. The van der Waals surface area contributed by atoms with Gasteiger partial charge in [0.15, 0.2) is 0 Å². The van der Waals surface area contributed by atoms with Crippen LogP contribution in [0.3, 0.4) is 0 Å². The number of nitrogens with zero attached hydrogens (tertiary/aromatic N) is 2. The molecule has 0 atom stereocenters. The summed E-state index contributed by atoms with van der Waals surface area (Å²) < 4.78 is 3.47. The number of halogens is 2. The van der Waals surface area contributed by atoms with Gasteiger partial charge in [-0.05, 0) is 25.1 Å². The van der Waals surface area contributed by atoms with Crippen LogP contribution in [0.4, 0.5) is 0 Å². The molecule has 0 radical (unpaired) electrons. The summed E-state index contributed by atoms with van der Waals surface area (Å²) in [5.41, 5.74) is 2.56. The highest BCUT2D eigenvalue weighted by Gasteiger charge is 2.09. The molecular formula is C13H13Br2N3O. The Bertz CT molecular complexity index is 602. The first-order valence-electron chi connectivity index (χ1n) is 5.69. The Morgan fingerprint density at radius 1 is 1.32 bits per heavy atom. The van der Waals surface area contributed by atoms with Crippen LogP contribution in [0, 0.1) is 6.92 Å². The third-order valence-electron chi connectivity index (χ3n) is 2.68. The van der Waals surface area contributed by atoms with E-state index in [2.05, 4.69) is 42.3 Å². The number of carbonyl (C=O) groups is 1. The average molecular weight is 387 g/mol. The molecule has 1 N–H and O–H groups in total. The minimum Gasteiger partial charge on any atom is -0.348 e. The van der Waals surface area contributed by atoms with Gasteiger partial charge in [0.25, 0.3) is 5.91 Å². The molecule has 4 nitrogen and oxygen atoms in total. The zero-order chi connectivity index (χ0) is 14.0. The van der Waals surface area contributed by atoms with Crippen molar-refractivity contribution in [3.63, 3.8) is 0 Å². The number of amides is 1. The number of aryl methyl sites for hydroxylation is 2. The van der Waals surface area contributed by atoms with Crippen LogP contribution >= 0.6 is 31.9 Å². The summed E-state index contributed by atoms with van der Waals surface area (Å²) in [5.74, 6) is -0.106. The standard InChI is InChI=1S/C13H13Br2N3O/c1-8-10(7-18(2)17-8)6-16-13(19)9-3-11(14)5-12(15)4-9/h3-5,7H,6H2,1-2H3,(H,16,19). The molecule has 0 saturated carbocycles. The van der Waals surface area contributed by atoms with Crippen LogP contribution in [0.1, 0.15) is 21.6 Å². The second kappa shape index (κ2) is 5.88. The van der Waals surface area contributed by atoms with Gasteiger partial charge in [-0.25, -0.2) is 0 Å². The molecule has 1 aromatic heterocycles. The first-order chi connectivity index (χ1) is 8.95. The zero-order valence-corrected chi connectivity index (χ0v) is 13.7. The Labute approximate surface area is 128 Å². The number of carbonyl (C=O) groups excluding carboxylic acids is 1. The van der Waals surface area contributed by atoms with E-state index in [1.807, 2.05) is 26.2 Å². The number of nitrogens with one attached hydrogen (secondary N) is 1. The van der Waals surface area contributed by atoms with Gasteiger partial charge in [-0.1, -0.05) is 31.9 Å². The first-order valence-corrected chi connectivity index (χ1v) is 7.27. The van der Waals surface area contributed by atoms with Gasteiger partial charge in [0, 0.05) is 39.9 Å². The van der Waals surface area contributed by atoms with E-state index in [4.69, 9.17) is 0 Å². The molecule has 1 heterocycles. The van der Waals surface area contributed by atoms with Crippen molar-refractivity contribution in [3.8, 4) is 0 Å². The maximum atomic E-state index is 12.1. The second-order valence-electron chi connectivity index (χ2n) is 4.25. The van der Waals surface area contributed by atoms with Gasteiger partial charge >= 0.3 is 0 Å². The van der Waals surface area contributed by atoms with Crippen molar-refractivity contribution < 1.29 is 4.79 Å². The summed E-state index contributed by atoms with van der Waals surface area (Å²) in [6, 6.07) is 5.47. The van der Waals surface area contributed by atoms with Crippen molar-refractivity contribution in [1.82, 2.24) is 15.1 Å². The van der Waals surface area contributed by atoms with E-state index in [0.717, 1.165) is 20.2 Å². The van der Waals surface area contributed by atoms with E-state index in [9.17, 15) is 4.79 Å². The number of hydrogen-bond donors (Lipinski definition) is 1. The Kier molecular flexibility index (Phi) is 4.42. The molecule has 0 aliphatic carbocycles. The maximum Gasteiger partial charge on any atom is 0.251 e. The van der Waals surface area contributed by atoms with Gasteiger partial charge in [0.2, 0.25) is 0 Å². The summed E-state index contributed by atoms with van der Waals surface area (Å²) in [6.07, 6.45) is 1.91. The highest BCUT2D eigenvalue weighted by Crippen LogP contribution is 2.20. The van der Waals surface area contributed by atoms with Crippen LogP contribution in [0.25, 0.3) is 0 Å². The lowest BCUT2D eigenvalue weighted by atomic mass is 10.2. The molecule has 6 heteroatoms. The van der Waals surface area contributed by atoms with Crippen molar-refractivity contribution in [1.29, 1.82) is 0 Å². The molecule has 0 spiro atoms. The van der Waals surface area contributed by atoms with Gasteiger partial charge < -0.3 is 5.32 Å². The summed E-state index contributed by atoms with van der Waals surface area (Å²) in [7, 11) is 1.86. The fraction of sp³-hybridized carbons (Fsp3) is 0.231. The van der Waals surface area contributed by atoms with Gasteiger partial charge in [0.1, 0.15) is 0 Å². The minimum atomic E-state index is -0.106. The molecule has 19 heavy (non-hydrogen) atoms. The summed E-state index contributed by atoms with van der Waals surface area (Å²) >= 11 is 6.74. The molecule has 2 aromatic rings. The molecule has 2 rings (SSSR count). The van der Waals surface area contributed by atoms with Crippen LogP contribution in [-0.4, -0.2) is 15.7 Å². The smallest absolute Gasteiger partial charge is 0.251 e. The van der Waals surface area contributed by atoms with E-state index in [-0.39, 0.29) is 5.91 Å². The van der Waals surface area contributed by atoms with Crippen LogP contribution in [-0.2, 0) is 13.6 Å². The fourth-order valence-corrected chi connectivity index (χ4v) is 3.08. The Morgan fingerprint density at radius 3 is 2.47 bits per heavy atom. The van der Waals surface area contributed by atoms with Crippen LogP contribution in [0.2, 0.25) is 0 Å². The highest BCUT2D eigenvalue weighted by molar-refractivity contribution is 9.11. The van der Waals surface area contributed by atoms with E-state index < -0.39 is 0 Å². The second-order valence-corrected chi connectivity index (χ2v) is 6.09. The van der Waals surface area contributed by atoms with E-state index in [1.54, 1.807) is 16.8 Å². The molecule has 1 amide bonds.